The molecule has 0 saturated heterocycles. The molecule has 0 fully saturated rings. The van der Waals surface area contributed by atoms with Gasteiger partial charge in [-0.15, -0.1) is 17.7 Å². The van der Waals surface area contributed by atoms with E-state index in [0.717, 1.165) is 5.69 Å². The summed E-state index contributed by atoms with van der Waals surface area (Å²) in [4.78, 5) is 10.5. The first kappa shape index (κ1) is 13.3. The van der Waals surface area contributed by atoms with Crippen molar-refractivity contribution in [2.24, 2.45) is 10.3 Å². The molecule has 0 spiro atoms. The summed E-state index contributed by atoms with van der Waals surface area (Å²) in [5.74, 6) is -1.20. The number of anilines is 1. The smallest absolute Gasteiger partial charge is 0.545 e. The van der Waals surface area contributed by atoms with E-state index < -0.39 is 11.5 Å². The van der Waals surface area contributed by atoms with Crippen molar-refractivity contribution in [3.05, 3.63) is 29.8 Å². The van der Waals surface area contributed by atoms with Gasteiger partial charge in [0.1, 0.15) is 0 Å². The van der Waals surface area contributed by atoms with Gasteiger partial charge < -0.3 is 9.90 Å². The summed E-state index contributed by atoms with van der Waals surface area (Å²) in [5.41, 5.74) is 3.07. The SMILES string of the molecule is O=C([O-])c1ccc(N2NN=NC2S)cc1.[Na+]. The molecule has 1 aliphatic heterocycles. The van der Waals surface area contributed by atoms with Crippen LogP contribution in [0.5, 0.6) is 0 Å². The number of thiol groups is 1. The van der Waals surface area contributed by atoms with E-state index in [1.54, 1.807) is 17.1 Å². The number of carboxylic acid groups (broad SMARTS) is 1. The van der Waals surface area contributed by atoms with Crippen LogP contribution in [-0.2, 0) is 0 Å². The maximum absolute atomic E-state index is 10.5. The molecule has 0 aromatic heterocycles. The summed E-state index contributed by atoms with van der Waals surface area (Å²) in [6.07, 6.45) is 0. The largest absolute Gasteiger partial charge is 1.00 e. The maximum Gasteiger partial charge on any atom is 1.00 e. The van der Waals surface area contributed by atoms with Crippen LogP contribution in [0, 0.1) is 0 Å². The van der Waals surface area contributed by atoms with E-state index >= 15 is 0 Å². The number of nitrogens with zero attached hydrogens (tertiary/aromatic N) is 3. The van der Waals surface area contributed by atoms with E-state index in [2.05, 4.69) is 28.5 Å². The molecule has 1 N–H and O–H groups in total. The number of carbonyl (C=O) groups is 1. The number of benzene rings is 1. The predicted molar refractivity (Wildman–Crippen MR) is 54.0 cm³/mol. The molecule has 1 aromatic carbocycles. The van der Waals surface area contributed by atoms with E-state index in [1.807, 2.05) is 0 Å². The molecule has 1 unspecified atom stereocenters. The van der Waals surface area contributed by atoms with Gasteiger partial charge in [0, 0.05) is 0 Å². The molecule has 0 saturated carbocycles. The van der Waals surface area contributed by atoms with Crippen LogP contribution in [0.25, 0.3) is 0 Å². The quantitative estimate of drug-likeness (QED) is 0.429. The molecule has 0 amide bonds. The number of carboxylic acids is 1. The fourth-order valence-electron chi connectivity index (χ4n) is 1.18. The first-order valence-corrected chi connectivity index (χ1v) is 4.64. The molecule has 0 aliphatic carbocycles. The first-order valence-electron chi connectivity index (χ1n) is 4.13. The average molecular weight is 246 g/mol. The number of rotatable bonds is 2. The summed E-state index contributed by atoms with van der Waals surface area (Å²) in [5, 5.41) is 19.4. The Morgan fingerprint density at radius 1 is 1.44 bits per heavy atom. The molecule has 1 heterocycles. The zero-order chi connectivity index (χ0) is 10.8. The van der Waals surface area contributed by atoms with E-state index in [4.69, 9.17) is 0 Å². The normalized spacial score (nSPS) is 17.8. The molecule has 1 atom stereocenters. The molecule has 1 aliphatic rings. The van der Waals surface area contributed by atoms with Crippen LogP contribution in [0.3, 0.4) is 0 Å². The second kappa shape index (κ2) is 5.53. The van der Waals surface area contributed by atoms with Gasteiger partial charge in [-0.3, -0.25) is 0 Å². The third kappa shape index (κ3) is 2.67. The van der Waals surface area contributed by atoms with Crippen molar-refractivity contribution >= 4 is 24.3 Å². The first-order chi connectivity index (χ1) is 7.18. The van der Waals surface area contributed by atoms with Crippen LogP contribution in [0.4, 0.5) is 5.69 Å². The molecular weight excluding hydrogens is 239 g/mol. The van der Waals surface area contributed by atoms with Crippen molar-refractivity contribution in [1.82, 2.24) is 5.53 Å². The van der Waals surface area contributed by atoms with Gasteiger partial charge in [0.2, 0.25) is 5.50 Å². The van der Waals surface area contributed by atoms with Crippen LogP contribution in [0.2, 0.25) is 0 Å². The number of hydrogen-bond acceptors (Lipinski definition) is 7. The van der Waals surface area contributed by atoms with Gasteiger partial charge >= 0.3 is 29.6 Å². The summed E-state index contributed by atoms with van der Waals surface area (Å²) in [6, 6.07) is 6.14. The molecule has 6 nitrogen and oxygen atoms in total. The van der Waals surface area contributed by atoms with Crippen molar-refractivity contribution in [1.29, 1.82) is 0 Å². The number of aromatic carboxylic acids is 1. The Hall–Kier alpha value is -0.760. The minimum absolute atomic E-state index is 0. The Morgan fingerprint density at radius 3 is 2.50 bits per heavy atom. The van der Waals surface area contributed by atoms with Gasteiger partial charge in [-0.2, -0.15) is 5.53 Å². The number of nitrogens with one attached hydrogen (secondary N) is 1. The van der Waals surface area contributed by atoms with Gasteiger partial charge in [-0.05, 0) is 17.7 Å². The van der Waals surface area contributed by atoms with Gasteiger partial charge in [-0.1, -0.05) is 17.4 Å². The molecule has 0 radical (unpaired) electrons. The van der Waals surface area contributed by atoms with E-state index in [1.165, 1.54) is 12.1 Å². The number of hydrazine groups is 1. The van der Waals surface area contributed by atoms with Gasteiger partial charge in [0.25, 0.3) is 0 Å². The van der Waals surface area contributed by atoms with Gasteiger partial charge in [0.05, 0.1) is 11.7 Å². The minimum atomic E-state index is -1.20. The summed E-state index contributed by atoms with van der Waals surface area (Å²) >= 11 is 4.14. The van der Waals surface area contributed by atoms with Crippen molar-refractivity contribution in [2.45, 2.75) is 5.50 Å². The maximum atomic E-state index is 10.5. The second-order valence-electron chi connectivity index (χ2n) is 2.87. The third-order valence-corrected chi connectivity index (χ3v) is 2.26. The van der Waals surface area contributed by atoms with Crippen LogP contribution >= 0.6 is 12.6 Å². The predicted octanol–water partition coefficient (Wildman–Crippen LogP) is -3.04. The Bertz CT molecular complexity index is 411. The van der Waals surface area contributed by atoms with Crippen molar-refractivity contribution < 1.29 is 39.5 Å². The summed E-state index contributed by atoms with van der Waals surface area (Å²) in [7, 11) is 0. The van der Waals surface area contributed by atoms with Crippen LogP contribution in [-0.4, -0.2) is 11.5 Å². The molecule has 2 rings (SSSR count). The van der Waals surface area contributed by atoms with Crippen LogP contribution in [0.1, 0.15) is 10.4 Å². The van der Waals surface area contributed by atoms with Crippen molar-refractivity contribution in [3.8, 4) is 0 Å². The molecule has 78 valence electrons. The number of hydrogen-bond donors (Lipinski definition) is 2. The zero-order valence-electron chi connectivity index (χ0n) is 8.49. The van der Waals surface area contributed by atoms with Gasteiger partial charge in [-0.25, -0.2) is 5.01 Å². The van der Waals surface area contributed by atoms with E-state index in [9.17, 15) is 9.90 Å². The Kier molecular flexibility index (Phi) is 4.60. The molecular formula is C8H7N4NaO2S. The summed E-state index contributed by atoms with van der Waals surface area (Å²) in [6.45, 7) is 0. The molecule has 8 heteroatoms. The zero-order valence-corrected chi connectivity index (χ0v) is 11.4. The topological polar surface area (TPSA) is 80.1 Å². The monoisotopic (exact) mass is 246 g/mol. The Morgan fingerprint density at radius 2 is 2.06 bits per heavy atom. The van der Waals surface area contributed by atoms with Crippen LogP contribution in [0.15, 0.2) is 34.6 Å². The van der Waals surface area contributed by atoms with E-state index in [-0.39, 0.29) is 35.1 Å². The van der Waals surface area contributed by atoms with Gasteiger partial charge in [0.15, 0.2) is 0 Å². The standard InChI is InChI=1S/C8H8N4O2S.Na/c13-7(14)5-1-3-6(4-2-5)12-8(15)9-10-11-12;/h1-4,8,15H,(H,9,11)(H,13,14);/q;+1/p-1. The summed E-state index contributed by atoms with van der Waals surface area (Å²) < 4.78 is 0. The van der Waals surface area contributed by atoms with Crippen molar-refractivity contribution in [2.75, 3.05) is 5.01 Å². The third-order valence-electron chi connectivity index (χ3n) is 1.93. The molecule has 16 heavy (non-hydrogen) atoms. The van der Waals surface area contributed by atoms with Crippen LogP contribution < -0.4 is 45.2 Å². The minimum Gasteiger partial charge on any atom is -0.545 e. The number of carbonyl (C=O) groups excluding carboxylic acids is 1. The fourth-order valence-corrected chi connectivity index (χ4v) is 1.41. The second-order valence-corrected chi connectivity index (χ2v) is 3.33. The fraction of sp³-hybridized carbons (Fsp3) is 0.125. The van der Waals surface area contributed by atoms with Crippen molar-refractivity contribution in [3.63, 3.8) is 0 Å². The average Bonchev–Trinajstić information content (AvgIpc) is 2.65. The molecule has 0 bridgehead atoms. The molecule has 1 aromatic rings. The Labute approximate surface area is 119 Å². The van der Waals surface area contributed by atoms with E-state index in [0.29, 0.717) is 0 Å². The Balaban J connectivity index is 0.00000128.